The highest BCUT2D eigenvalue weighted by atomic mass is 79.9. The van der Waals surface area contributed by atoms with Crippen molar-refractivity contribution < 1.29 is 10.2 Å². The maximum atomic E-state index is 11.1. The Morgan fingerprint density at radius 3 is 2.77 bits per heavy atom. The zero-order valence-corrected chi connectivity index (χ0v) is 8.36. The molecule has 0 saturated heterocycles. The van der Waals surface area contributed by atoms with Crippen molar-refractivity contribution in [1.82, 2.24) is 4.98 Å². The number of aromatic nitrogens is 1. The van der Waals surface area contributed by atoms with E-state index in [4.69, 9.17) is 0 Å². The molecule has 0 aliphatic heterocycles. The van der Waals surface area contributed by atoms with E-state index in [0.717, 1.165) is 0 Å². The van der Waals surface area contributed by atoms with Crippen molar-refractivity contribution in [2.75, 3.05) is 5.33 Å². The maximum absolute atomic E-state index is 11.1. The Hall–Kier alpha value is -0.650. The fourth-order valence-corrected chi connectivity index (χ4v) is 1.31. The van der Waals surface area contributed by atoms with Crippen molar-refractivity contribution in [3.8, 4) is 0 Å². The van der Waals surface area contributed by atoms with Gasteiger partial charge < -0.3 is 15.2 Å². The van der Waals surface area contributed by atoms with E-state index in [0.29, 0.717) is 0 Å². The average Bonchev–Trinajstić information content (AvgIpc) is 2.16. The van der Waals surface area contributed by atoms with E-state index in [2.05, 4.69) is 20.9 Å². The van der Waals surface area contributed by atoms with Gasteiger partial charge in [-0.3, -0.25) is 4.79 Å². The molecule has 4 nitrogen and oxygen atoms in total. The molecule has 3 N–H and O–H groups in total. The molecule has 0 saturated carbocycles. The molecule has 2 unspecified atom stereocenters. The lowest BCUT2D eigenvalue weighted by atomic mass is 10.1. The second-order valence-corrected chi connectivity index (χ2v) is 3.27. The Kier molecular flexibility index (Phi) is 3.65. The number of aliphatic hydroxyl groups is 2. The molecule has 0 fully saturated rings. The van der Waals surface area contributed by atoms with Crippen LogP contribution in [0.15, 0.2) is 23.1 Å². The summed E-state index contributed by atoms with van der Waals surface area (Å²) in [5, 5.41) is 18.9. The highest BCUT2D eigenvalue weighted by molar-refractivity contribution is 9.09. The maximum Gasteiger partial charge on any atom is 0.253 e. The smallest absolute Gasteiger partial charge is 0.253 e. The highest BCUT2D eigenvalue weighted by Gasteiger charge is 2.19. The van der Waals surface area contributed by atoms with Gasteiger partial charge in [-0.05, 0) is 12.1 Å². The van der Waals surface area contributed by atoms with Crippen LogP contribution in [0.1, 0.15) is 11.7 Å². The van der Waals surface area contributed by atoms with Crippen LogP contribution in [-0.4, -0.2) is 26.6 Å². The number of halogens is 1. The van der Waals surface area contributed by atoms with Gasteiger partial charge in [-0.25, -0.2) is 0 Å². The first-order valence-corrected chi connectivity index (χ1v) is 4.88. The largest absolute Gasteiger partial charge is 0.389 e. The van der Waals surface area contributed by atoms with Gasteiger partial charge in [0.05, 0.1) is 6.10 Å². The van der Waals surface area contributed by atoms with E-state index < -0.39 is 12.2 Å². The summed E-state index contributed by atoms with van der Waals surface area (Å²) >= 11 is 3.01. The predicted molar refractivity (Wildman–Crippen MR) is 51.8 cm³/mol. The first-order chi connectivity index (χ1) is 6.16. The molecule has 1 heterocycles. The minimum absolute atomic E-state index is 0.175. The van der Waals surface area contributed by atoms with Gasteiger partial charge in [0.25, 0.3) is 5.56 Å². The normalized spacial score (nSPS) is 15.3. The summed E-state index contributed by atoms with van der Waals surface area (Å²) in [6.07, 6.45) is -0.646. The summed E-state index contributed by atoms with van der Waals surface area (Å²) in [7, 11) is 0. The van der Waals surface area contributed by atoms with Crippen molar-refractivity contribution in [2.24, 2.45) is 0 Å². The quantitative estimate of drug-likeness (QED) is 0.667. The van der Waals surface area contributed by atoms with Gasteiger partial charge in [0.15, 0.2) is 0 Å². The number of pyridine rings is 1. The van der Waals surface area contributed by atoms with E-state index in [1.54, 1.807) is 6.07 Å². The summed E-state index contributed by atoms with van der Waals surface area (Å²) < 4.78 is 0. The Morgan fingerprint density at radius 1 is 1.54 bits per heavy atom. The van der Waals surface area contributed by atoms with Crippen LogP contribution in [-0.2, 0) is 0 Å². The van der Waals surface area contributed by atoms with E-state index >= 15 is 0 Å². The lowest BCUT2D eigenvalue weighted by Crippen LogP contribution is -2.25. The molecule has 72 valence electrons. The molecule has 5 heteroatoms. The molecule has 0 aromatic carbocycles. The lowest BCUT2D eigenvalue weighted by Gasteiger charge is -2.14. The zero-order chi connectivity index (χ0) is 9.84. The summed E-state index contributed by atoms with van der Waals surface area (Å²) in [4.78, 5) is 13.6. The number of aromatic amines is 1. The standard InChI is InChI=1S/C8H10BrNO3/c9-4-6(11)7(12)5-2-1-3-10-8(5)13/h1-3,6-7,11-12H,4H2,(H,10,13). The van der Waals surface area contributed by atoms with Crippen LogP contribution in [0.4, 0.5) is 0 Å². The number of hydrogen-bond donors (Lipinski definition) is 3. The summed E-state index contributed by atoms with van der Waals surface area (Å²) in [6.45, 7) is 0. The topological polar surface area (TPSA) is 73.3 Å². The number of H-pyrrole nitrogens is 1. The number of alkyl halides is 1. The molecule has 1 aromatic rings. The van der Waals surface area contributed by atoms with Gasteiger partial charge in [0.2, 0.25) is 0 Å². The van der Waals surface area contributed by atoms with E-state index in [1.165, 1.54) is 12.3 Å². The molecule has 2 atom stereocenters. The summed E-state index contributed by atoms with van der Waals surface area (Å²) in [5.41, 5.74) is -0.204. The second kappa shape index (κ2) is 4.55. The first kappa shape index (κ1) is 10.4. The molecule has 0 spiro atoms. The Bertz CT molecular complexity index is 325. The van der Waals surface area contributed by atoms with E-state index in [-0.39, 0.29) is 16.5 Å². The van der Waals surface area contributed by atoms with Crippen molar-refractivity contribution in [2.45, 2.75) is 12.2 Å². The number of aliphatic hydroxyl groups excluding tert-OH is 2. The molecule has 0 aliphatic carbocycles. The molecule has 1 rings (SSSR count). The fourth-order valence-electron chi connectivity index (χ4n) is 0.959. The van der Waals surface area contributed by atoms with Gasteiger partial charge in [-0.15, -0.1) is 0 Å². The van der Waals surface area contributed by atoms with Crippen LogP contribution < -0.4 is 5.56 Å². The van der Waals surface area contributed by atoms with Crippen molar-refractivity contribution >= 4 is 15.9 Å². The van der Waals surface area contributed by atoms with Crippen LogP contribution in [0.2, 0.25) is 0 Å². The molecule has 1 aromatic heterocycles. The second-order valence-electron chi connectivity index (χ2n) is 2.62. The van der Waals surface area contributed by atoms with Gasteiger partial charge in [0.1, 0.15) is 6.10 Å². The molecular weight excluding hydrogens is 238 g/mol. The summed E-state index contributed by atoms with van der Waals surface area (Å²) in [6, 6.07) is 3.08. The first-order valence-electron chi connectivity index (χ1n) is 3.76. The van der Waals surface area contributed by atoms with Crippen molar-refractivity contribution in [1.29, 1.82) is 0 Å². The van der Waals surface area contributed by atoms with Crippen LogP contribution in [0, 0.1) is 0 Å². The van der Waals surface area contributed by atoms with Crippen molar-refractivity contribution in [3.05, 3.63) is 34.2 Å². The predicted octanol–water partition coefficient (Wildman–Crippen LogP) is 0.164. The van der Waals surface area contributed by atoms with E-state index in [9.17, 15) is 15.0 Å². The Balaban J connectivity index is 2.95. The lowest BCUT2D eigenvalue weighted by molar-refractivity contribution is 0.0334. The average molecular weight is 248 g/mol. The molecular formula is C8H10BrNO3. The SMILES string of the molecule is O=c1[nH]cccc1C(O)C(O)CBr. The van der Waals surface area contributed by atoms with Crippen LogP contribution in [0.5, 0.6) is 0 Å². The number of hydrogen-bond acceptors (Lipinski definition) is 3. The Labute approximate surface area is 83.4 Å². The number of nitrogens with one attached hydrogen (secondary N) is 1. The van der Waals surface area contributed by atoms with Crippen molar-refractivity contribution in [3.63, 3.8) is 0 Å². The molecule has 13 heavy (non-hydrogen) atoms. The third kappa shape index (κ3) is 2.40. The molecule has 0 radical (unpaired) electrons. The van der Waals surface area contributed by atoms with E-state index in [1.807, 2.05) is 0 Å². The highest BCUT2D eigenvalue weighted by Crippen LogP contribution is 2.13. The third-order valence-electron chi connectivity index (χ3n) is 1.69. The molecule has 0 bridgehead atoms. The third-order valence-corrected chi connectivity index (χ3v) is 2.35. The molecule has 0 amide bonds. The Morgan fingerprint density at radius 2 is 2.23 bits per heavy atom. The number of rotatable bonds is 3. The van der Waals surface area contributed by atoms with Gasteiger partial charge in [0, 0.05) is 17.1 Å². The minimum atomic E-state index is -1.15. The van der Waals surface area contributed by atoms with Gasteiger partial charge >= 0.3 is 0 Å². The van der Waals surface area contributed by atoms with Crippen LogP contribution in [0.3, 0.4) is 0 Å². The van der Waals surface area contributed by atoms with Crippen LogP contribution in [0.25, 0.3) is 0 Å². The molecule has 0 aliphatic rings. The zero-order valence-electron chi connectivity index (χ0n) is 6.77. The monoisotopic (exact) mass is 247 g/mol. The van der Waals surface area contributed by atoms with Gasteiger partial charge in [-0.1, -0.05) is 15.9 Å². The van der Waals surface area contributed by atoms with Crippen LogP contribution >= 0.6 is 15.9 Å². The summed E-state index contributed by atoms with van der Waals surface area (Å²) in [5.74, 6) is 0. The van der Waals surface area contributed by atoms with Gasteiger partial charge in [-0.2, -0.15) is 0 Å². The fraction of sp³-hybridized carbons (Fsp3) is 0.375. The minimum Gasteiger partial charge on any atom is -0.389 e.